The smallest absolute Gasteiger partial charge is 0.251 e. The van der Waals surface area contributed by atoms with Crippen LogP contribution in [-0.2, 0) is 0 Å². The molecule has 0 bridgehead atoms. The van der Waals surface area contributed by atoms with Gasteiger partial charge in [0, 0.05) is 22.7 Å². The van der Waals surface area contributed by atoms with E-state index in [9.17, 15) is 4.79 Å². The molecule has 1 heterocycles. The number of halogens is 2. The zero-order valence-electron chi connectivity index (χ0n) is 11.2. The first-order chi connectivity index (χ1) is 8.56. The third-order valence-electron chi connectivity index (χ3n) is 3.39. The van der Waals surface area contributed by atoms with E-state index in [2.05, 4.69) is 17.6 Å². The molecular formula is C14H20Cl2N2O. The topological polar surface area (TPSA) is 41.1 Å². The van der Waals surface area contributed by atoms with Gasteiger partial charge in [-0.05, 0) is 57.0 Å². The van der Waals surface area contributed by atoms with Crippen molar-refractivity contribution >= 4 is 29.9 Å². The van der Waals surface area contributed by atoms with Gasteiger partial charge < -0.3 is 10.6 Å². The summed E-state index contributed by atoms with van der Waals surface area (Å²) < 4.78 is 0. The SMILES string of the molecule is Cc1cc(Cl)ccc1C(=O)NC1CCNC(C)C1.Cl. The van der Waals surface area contributed by atoms with Gasteiger partial charge in [-0.3, -0.25) is 4.79 Å². The molecule has 2 rings (SSSR count). The molecule has 0 aliphatic carbocycles. The number of hydrogen-bond donors (Lipinski definition) is 2. The summed E-state index contributed by atoms with van der Waals surface area (Å²) in [7, 11) is 0. The number of carbonyl (C=O) groups excluding carboxylic acids is 1. The van der Waals surface area contributed by atoms with Crippen LogP contribution < -0.4 is 10.6 Å². The largest absolute Gasteiger partial charge is 0.349 e. The standard InChI is InChI=1S/C14H19ClN2O.ClH/c1-9-7-11(15)3-4-13(9)14(18)17-12-5-6-16-10(2)8-12;/h3-4,7,10,12,16H,5-6,8H2,1-2H3,(H,17,18);1H. The number of hydrogen-bond acceptors (Lipinski definition) is 2. The van der Waals surface area contributed by atoms with Gasteiger partial charge in [-0.15, -0.1) is 12.4 Å². The summed E-state index contributed by atoms with van der Waals surface area (Å²) in [6, 6.07) is 6.10. The fraction of sp³-hybridized carbons (Fsp3) is 0.500. The molecule has 1 aliphatic rings. The molecule has 1 amide bonds. The minimum absolute atomic E-state index is 0. The van der Waals surface area contributed by atoms with E-state index in [0.717, 1.165) is 24.9 Å². The molecule has 0 spiro atoms. The summed E-state index contributed by atoms with van der Waals surface area (Å²) >= 11 is 5.89. The van der Waals surface area contributed by atoms with Crippen LogP contribution >= 0.6 is 24.0 Å². The van der Waals surface area contributed by atoms with Gasteiger partial charge in [0.05, 0.1) is 0 Å². The fourth-order valence-electron chi connectivity index (χ4n) is 2.41. The van der Waals surface area contributed by atoms with Gasteiger partial charge in [-0.25, -0.2) is 0 Å². The Hall–Kier alpha value is -0.770. The van der Waals surface area contributed by atoms with Crippen molar-refractivity contribution in [2.75, 3.05) is 6.54 Å². The average Bonchev–Trinajstić information content (AvgIpc) is 2.28. The lowest BCUT2D eigenvalue weighted by Crippen LogP contribution is -2.46. The molecular weight excluding hydrogens is 283 g/mol. The van der Waals surface area contributed by atoms with E-state index in [1.54, 1.807) is 12.1 Å². The molecule has 1 fully saturated rings. The highest BCUT2D eigenvalue weighted by molar-refractivity contribution is 6.30. The van der Waals surface area contributed by atoms with Crippen LogP contribution in [0.3, 0.4) is 0 Å². The van der Waals surface area contributed by atoms with E-state index in [-0.39, 0.29) is 24.4 Å². The predicted octanol–water partition coefficient (Wildman–Crippen LogP) is 2.94. The third-order valence-corrected chi connectivity index (χ3v) is 3.63. The molecule has 1 aromatic carbocycles. The summed E-state index contributed by atoms with van der Waals surface area (Å²) in [5.74, 6) is 0.00302. The zero-order valence-corrected chi connectivity index (χ0v) is 12.8. The van der Waals surface area contributed by atoms with Crippen molar-refractivity contribution in [3.63, 3.8) is 0 Å². The average molecular weight is 303 g/mol. The maximum absolute atomic E-state index is 12.2. The quantitative estimate of drug-likeness (QED) is 0.882. The lowest BCUT2D eigenvalue weighted by Gasteiger charge is -2.28. The lowest BCUT2D eigenvalue weighted by molar-refractivity contribution is 0.0925. The minimum atomic E-state index is 0. The Morgan fingerprint density at radius 3 is 2.84 bits per heavy atom. The predicted molar refractivity (Wildman–Crippen MR) is 81.4 cm³/mol. The molecule has 19 heavy (non-hydrogen) atoms. The highest BCUT2D eigenvalue weighted by Crippen LogP contribution is 2.16. The van der Waals surface area contributed by atoms with Crippen LogP contribution in [0.15, 0.2) is 18.2 Å². The molecule has 2 atom stereocenters. The van der Waals surface area contributed by atoms with Crippen molar-refractivity contribution in [1.82, 2.24) is 10.6 Å². The molecule has 1 saturated heterocycles. The minimum Gasteiger partial charge on any atom is -0.349 e. The van der Waals surface area contributed by atoms with Gasteiger partial charge in [0.1, 0.15) is 0 Å². The van der Waals surface area contributed by atoms with Crippen LogP contribution in [-0.4, -0.2) is 24.5 Å². The number of piperidine rings is 1. The first-order valence-electron chi connectivity index (χ1n) is 6.36. The second kappa shape index (κ2) is 7.13. The Kier molecular flexibility index (Phi) is 6.11. The second-order valence-electron chi connectivity index (χ2n) is 5.01. The lowest BCUT2D eigenvalue weighted by atomic mass is 9.99. The van der Waals surface area contributed by atoms with Crippen molar-refractivity contribution in [3.05, 3.63) is 34.3 Å². The van der Waals surface area contributed by atoms with Crippen molar-refractivity contribution in [2.45, 2.75) is 38.8 Å². The third kappa shape index (κ3) is 4.37. The van der Waals surface area contributed by atoms with Crippen LogP contribution in [0.1, 0.15) is 35.7 Å². The van der Waals surface area contributed by atoms with Crippen molar-refractivity contribution in [2.24, 2.45) is 0 Å². The Morgan fingerprint density at radius 1 is 1.47 bits per heavy atom. The Morgan fingerprint density at radius 2 is 2.21 bits per heavy atom. The fourth-order valence-corrected chi connectivity index (χ4v) is 2.63. The van der Waals surface area contributed by atoms with E-state index in [1.165, 1.54) is 0 Å². The molecule has 1 aliphatic heterocycles. The molecule has 5 heteroatoms. The van der Waals surface area contributed by atoms with Crippen LogP contribution in [0.25, 0.3) is 0 Å². The summed E-state index contributed by atoms with van der Waals surface area (Å²) in [6.45, 7) is 5.02. The second-order valence-corrected chi connectivity index (χ2v) is 5.45. The van der Waals surface area contributed by atoms with E-state index in [1.807, 2.05) is 13.0 Å². The molecule has 2 unspecified atom stereocenters. The van der Waals surface area contributed by atoms with Gasteiger partial charge in [-0.1, -0.05) is 11.6 Å². The van der Waals surface area contributed by atoms with Gasteiger partial charge in [-0.2, -0.15) is 0 Å². The van der Waals surface area contributed by atoms with E-state index >= 15 is 0 Å². The molecule has 1 aromatic rings. The number of amides is 1. The molecule has 0 aromatic heterocycles. The maximum atomic E-state index is 12.2. The monoisotopic (exact) mass is 302 g/mol. The van der Waals surface area contributed by atoms with Gasteiger partial charge >= 0.3 is 0 Å². The highest BCUT2D eigenvalue weighted by Gasteiger charge is 2.20. The maximum Gasteiger partial charge on any atom is 0.251 e. The first-order valence-corrected chi connectivity index (χ1v) is 6.74. The normalized spacial score (nSPS) is 22.5. The van der Waals surface area contributed by atoms with Crippen molar-refractivity contribution in [1.29, 1.82) is 0 Å². The van der Waals surface area contributed by atoms with Crippen LogP contribution in [0.4, 0.5) is 0 Å². The number of aryl methyl sites for hydroxylation is 1. The van der Waals surface area contributed by atoms with E-state index in [0.29, 0.717) is 16.6 Å². The Balaban J connectivity index is 0.00000180. The molecule has 0 saturated carbocycles. The van der Waals surface area contributed by atoms with Crippen molar-refractivity contribution in [3.8, 4) is 0 Å². The van der Waals surface area contributed by atoms with Crippen molar-refractivity contribution < 1.29 is 4.79 Å². The van der Waals surface area contributed by atoms with Gasteiger partial charge in [0.25, 0.3) is 5.91 Å². The van der Waals surface area contributed by atoms with Gasteiger partial charge in [0.2, 0.25) is 0 Å². The number of benzene rings is 1. The van der Waals surface area contributed by atoms with Crippen LogP contribution in [0.5, 0.6) is 0 Å². The summed E-state index contributed by atoms with van der Waals surface area (Å²) in [5, 5.41) is 7.15. The Labute approximate surface area is 125 Å². The number of nitrogens with one attached hydrogen (secondary N) is 2. The van der Waals surface area contributed by atoms with Crippen LogP contribution in [0, 0.1) is 6.92 Å². The molecule has 0 radical (unpaired) electrons. The summed E-state index contributed by atoms with van der Waals surface area (Å²) in [5.41, 5.74) is 1.63. The number of carbonyl (C=O) groups is 1. The zero-order chi connectivity index (χ0) is 13.1. The van der Waals surface area contributed by atoms with E-state index < -0.39 is 0 Å². The summed E-state index contributed by atoms with van der Waals surface area (Å²) in [4.78, 5) is 12.2. The van der Waals surface area contributed by atoms with Gasteiger partial charge in [0.15, 0.2) is 0 Å². The Bertz CT molecular complexity index is 451. The number of rotatable bonds is 2. The van der Waals surface area contributed by atoms with E-state index in [4.69, 9.17) is 11.6 Å². The summed E-state index contributed by atoms with van der Waals surface area (Å²) in [6.07, 6.45) is 1.97. The molecule has 106 valence electrons. The molecule has 3 nitrogen and oxygen atoms in total. The molecule has 2 N–H and O–H groups in total. The highest BCUT2D eigenvalue weighted by atomic mass is 35.5. The van der Waals surface area contributed by atoms with Crippen LogP contribution in [0.2, 0.25) is 5.02 Å². The first kappa shape index (κ1) is 16.3.